The Labute approximate surface area is 358 Å². The van der Waals surface area contributed by atoms with Crippen LogP contribution in [0.15, 0.2) is 60.8 Å². The van der Waals surface area contributed by atoms with Gasteiger partial charge < -0.3 is 14.2 Å². The molecule has 0 aliphatic heterocycles. The molecule has 0 saturated heterocycles. The zero-order valence-electron chi connectivity index (χ0n) is 38.0. The summed E-state index contributed by atoms with van der Waals surface area (Å²) in [6.07, 6.45) is 56.4. The Balaban J connectivity index is 4.42. The largest absolute Gasteiger partial charge is 0.462 e. The minimum atomic E-state index is -0.791. The van der Waals surface area contributed by atoms with Crippen molar-refractivity contribution in [2.24, 2.45) is 0 Å². The van der Waals surface area contributed by atoms with Gasteiger partial charge in [0.05, 0.1) is 0 Å². The molecule has 0 radical (unpaired) electrons. The van der Waals surface area contributed by atoms with Gasteiger partial charge in [0.15, 0.2) is 6.10 Å². The van der Waals surface area contributed by atoms with E-state index in [4.69, 9.17) is 14.2 Å². The summed E-state index contributed by atoms with van der Waals surface area (Å²) >= 11 is 0. The van der Waals surface area contributed by atoms with Crippen molar-refractivity contribution in [2.45, 2.75) is 239 Å². The van der Waals surface area contributed by atoms with E-state index in [9.17, 15) is 14.4 Å². The van der Waals surface area contributed by atoms with E-state index >= 15 is 0 Å². The Morgan fingerprint density at radius 3 is 1.05 bits per heavy atom. The van der Waals surface area contributed by atoms with E-state index < -0.39 is 6.10 Å². The van der Waals surface area contributed by atoms with Gasteiger partial charge in [-0.25, -0.2) is 0 Å². The van der Waals surface area contributed by atoms with Crippen LogP contribution in [0.1, 0.15) is 233 Å². The maximum atomic E-state index is 12.7. The van der Waals surface area contributed by atoms with Crippen molar-refractivity contribution in [1.82, 2.24) is 0 Å². The van der Waals surface area contributed by atoms with Crippen molar-refractivity contribution >= 4 is 17.9 Å². The highest BCUT2D eigenvalue weighted by molar-refractivity contribution is 5.71. The maximum absolute atomic E-state index is 12.7. The summed E-state index contributed by atoms with van der Waals surface area (Å²) in [6.45, 7) is 6.45. The molecule has 0 aliphatic carbocycles. The smallest absolute Gasteiger partial charge is 0.306 e. The van der Waals surface area contributed by atoms with Gasteiger partial charge in [-0.05, 0) is 57.8 Å². The van der Waals surface area contributed by atoms with Gasteiger partial charge in [-0.15, -0.1) is 0 Å². The number of hydrogen-bond acceptors (Lipinski definition) is 6. The van der Waals surface area contributed by atoms with Crippen LogP contribution in [-0.2, 0) is 28.6 Å². The van der Waals surface area contributed by atoms with E-state index in [1.165, 1.54) is 109 Å². The van der Waals surface area contributed by atoms with Gasteiger partial charge in [0.1, 0.15) is 13.2 Å². The summed E-state index contributed by atoms with van der Waals surface area (Å²) in [5.74, 6) is -0.950. The highest BCUT2D eigenvalue weighted by Gasteiger charge is 2.19. The van der Waals surface area contributed by atoms with Crippen molar-refractivity contribution in [3.63, 3.8) is 0 Å². The second-order valence-electron chi connectivity index (χ2n) is 16.0. The SMILES string of the molecule is CC/C=C\C/C=C\C/C=C\C/C=C\C/C=C\CCCC(=O)OC[C@@H](COC(=O)CCCCCCCCCCC)OC(=O)CCCCCCCCCCCCCCCC. The van der Waals surface area contributed by atoms with Crippen LogP contribution in [0.2, 0.25) is 0 Å². The molecule has 0 aromatic carbocycles. The first-order valence-corrected chi connectivity index (χ1v) is 24.3. The Morgan fingerprint density at radius 1 is 0.362 bits per heavy atom. The van der Waals surface area contributed by atoms with Crippen LogP contribution in [0.25, 0.3) is 0 Å². The molecule has 6 nitrogen and oxygen atoms in total. The number of unbranched alkanes of at least 4 members (excludes halogenated alkanes) is 22. The first-order chi connectivity index (χ1) is 28.5. The van der Waals surface area contributed by atoms with Gasteiger partial charge in [-0.3, -0.25) is 14.4 Å². The Morgan fingerprint density at radius 2 is 0.672 bits per heavy atom. The van der Waals surface area contributed by atoms with Gasteiger partial charge in [0, 0.05) is 19.3 Å². The average molecular weight is 811 g/mol. The normalized spacial score (nSPS) is 12.5. The quantitative estimate of drug-likeness (QED) is 0.0264. The van der Waals surface area contributed by atoms with Crippen LogP contribution in [0, 0.1) is 0 Å². The molecule has 0 aliphatic rings. The Bertz CT molecular complexity index is 1070. The summed E-state index contributed by atoms with van der Waals surface area (Å²) in [5.41, 5.74) is 0. The monoisotopic (exact) mass is 811 g/mol. The number of carbonyl (C=O) groups excluding carboxylic acids is 3. The van der Waals surface area contributed by atoms with Crippen LogP contribution in [0.3, 0.4) is 0 Å². The maximum Gasteiger partial charge on any atom is 0.306 e. The zero-order chi connectivity index (χ0) is 42.3. The molecule has 0 spiro atoms. The van der Waals surface area contributed by atoms with Crippen molar-refractivity contribution < 1.29 is 28.6 Å². The number of hydrogen-bond donors (Lipinski definition) is 0. The minimum absolute atomic E-state index is 0.0892. The van der Waals surface area contributed by atoms with E-state index in [1.54, 1.807) is 0 Å². The molecular weight excluding hydrogens is 721 g/mol. The standard InChI is InChI=1S/C52H90O6/c1-4-7-10-13-16-19-21-23-25-26-27-29-30-33-36-39-42-45-51(54)57-48-49(47-56-50(53)44-41-38-35-32-18-15-12-9-6-3)58-52(55)46-43-40-37-34-31-28-24-22-20-17-14-11-8-5-2/h7,10,16,19,23,25,27,29,33,36,49H,4-6,8-9,11-15,17-18,20-22,24,26,28,30-32,34-35,37-48H2,1-3H3/b10-7-,19-16-,25-23-,29-27-,36-33-/t49-/m1/s1. The molecule has 0 aromatic rings. The topological polar surface area (TPSA) is 78.9 Å². The van der Waals surface area contributed by atoms with Crippen LogP contribution < -0.4 is 0 Å². The number of rotatable bonds is 43. The molecule has 0 unspecified atom stereocenters. The van der Waals surface area contributed by atoms with Crippen molar-refractivity contribution in [2.75, 3.05) is 13.2 Å². The van der Waals surface area contributed by atoms with Crippen molar-refractivity contribution in [3.05, 3.63) is 60.8 Å². The molecule has 334 valence electrons. The fourth-order valence-electron chi connectivity index (χ4n) is 6.65. The number of esters is 3. The van der Waals surface area contributed by atoms with Gasteiger partial charge in [0.25, 0.3) is 0 Å². The third kappa shape index (κ3) is 44.2. The second-order valence-corrected chi connectivity index (χ2v) is 16.0. The second kappa shape index (κ2) is 46.8. The van der Waals surface area contributed by atoms with E-state index in [1.807, 2.05) is 0 Å². The molecule has 1 atom stereocenters. The Hall–Kier alpha value is -2.89. The predicted octanol–water partition coefficient (Wildman–Crippen LogP) is 15.7. The zero-order valence-corrected chi connectivity index (χ0v) is 38.0. The molecule has 0 fully saturated rings. The lowest BCUT2D eigenvalue weighted by Crippen LogP contribution is -2.30. The lowest BCUT2D eigenvalue weighted by atomic mass is 10.0. The number of carbonyl (C=O) groups is 3. The molecule has 0 rings (SSSR count). The van der Waals surface area contributed by atoms with Crippen molar-refractivity contribution in [1.29, 1.82) is 0 Å². The third-order valence-corrected chi connectivity index (χ3v) is 10.3. The third-order valence-electron chi connectivity index (χ3n) is 10.3. The van der Waals surface area contributed by atoms with E-state index in [2.05, 4.69) is 81.5 Å². The van der Waals surface area contributed by atoms with E-state index in [0.717, 1.165) is 77.0 Å². The summed E-state index contributed by atoms with van der Waals surface area (Å²) in [5, 5.41) is 0. The fraction of sp³-hybridized carbons (Fsp3) is 0.750. The molecule has 0 amide bonds. The highest BCUT2D eigenvalue weighted by atomic mass is 16.6. The van der Waals surface area contributed by atoms with Crippen LogP contribution in [-0.4, -0.2) is 37.2 Å². The fourth-order valence-corrected chi connectivity index (χ4v) is 6.65. The van der Waals surface area contributed by atoms with Gasteiger partial charge in [0.2, 0.25) is 0 Å². The number of ether oxygens (including phenoxy) is 3. The molecule has 0 aromatic heterocycles. The van der Waals surface area contributed by atoms with Crippen molar-refractivity contribution in [3.8, 4) is 0 Å². The van der Waals surface area contributed by atoms with Gasteiger partial charge >= 0.3 is 17.9 Å². The van der Waals surface area contributed by atoms with E-state index in [0.29, 0.717) is 19.3 Å². The predicted molar refractivity (Wildman–Crippen MR) is 247 cm³/mol. The summed E-state index contributed by atoms with van der Waals surface area (Å²) in [7, 11) is 0. The molecule has 0 heterocycles. The lowest BCUT2D eigenvalue weighted by Gasteiger charge is -2.18. The number of allylic oxidation sites excluding steroid dienone is 10. The lowest BCUT2D eigenvalue weighted by molar-refractivity contribution is -0.167. The average Bonchev–Trinajstić information content (AvgIpc) is 3.22. The molecular formula is C52H90O6. The summed E-state index contributed by atoms with van der Waals surface area (Å²) < 4.78 is 16.7. The summed E-state index contributed by atoms with van der Waals surface area (Å²) in [6, 6.07) is 0. The molecule has 6 heteroatoms. The Kier molecular flexibility index (Phi) is 44.5. The van der Waals surface area contributed by atoms with Crippen LogP contribution in [0.4, 0.5) is 0 Å². The first kappa shape index (κ1) is 55.1. The summed E-state index contributed by atoms with van der Waals surface area (Å²) in [4.78, 5) is 37.8. The molecule has 0 N–H and O–H groups in total. The molecule has 58 heavy (non-hydrogen) atoms. The van der Waals surface area contributed by atoms with E-state index in [-0.39, 0.29) is 37.5 Å². The van der Waals surface area contributed by atoms with Crippen LogP contribution in [0.5, 0.6) is 0 Å². The van der Waals surface area contributed by atoms with Crippen LogP contribution >= 0.6 is 0 Å². The van der Waals surface area contributed by atoms with Gasteiger partial charge in [-0.2, -0.15) is 0 Å². The molecule has 0 bridgehead atoms. The molecule has 0 saturated carbocycles. The highest BCUT2D eigenvalue weighted by Crippen LogP contribution is 2.15. The minimum Gasteiger partial charge on any atom is -0.462 e. The van der Waals surface area contributed by atoms with Gasteiger partial charge in [-0.1, -0.05) is 216 Å². The first-order valence-electron chi connectivity index (χ1n) is 24.3.